The van der Waals surface area contributed by atoms with Crippen LogP contribution in [0.1, 0.15) is 51.3 Å². The van der Waals surface area contributed by atoms with E-state index in [1.165, 1.54) is 25.7 Å². The summed E-state index contributed by atoms with van der Waals surface area (Å²) in [5, 5.41) is 1.07. The Balaban J connectivity index is 1.47. The summed E-state index contributed by atoms with van der Waals surface area (Å²) in [5.74, 6) is 1.45. The number of carbonyl (C=O) groups excluding carboxylic acids is 1. The van der Waals surface area contributed by atoms with Crippen LogP contribution in [0.3, 0.4) is 0 Å². The molecule has 4 rings (SSSR count). The van der Waals surface area contributed by atoms with Crippen molar-refractivity contribution in [3.63, 3.8) is 0 Å². The summed E-state index contributed by atoms with van der Waals surface area (Å²) in [5.41, 5.74) is 0.407. The van der Waals surface area contributed by atoms with Gasteiger partial charge in [0.1, 0.15) is 5.82 Å². The van der Waals surface area contributed by atoms with Crippen molar-refractivity contribution >= 4 is 28.4 Å². The zero-order chi connectivity index (χ0) is 20.4. The number of hydrogen-bond donors (Lipinski definition) is 1. The summed E-state index contributed by atoms with van der Waals surface area (Å²) in [4.78, 5) is 37.1. The van der Waals surface area contributed by atoms with Crippen LogP contribution in [0.15, 0.2) is 23.0 Å². The lowest BCUT2D eigenvalue weighted by Gasteiger charge is -2.44. The predicted molar refractivity (Wildman–Crippen MR) is 115 cm³/mol. The molecule has 0 spiro atoms. The summed E-state index contributed by atoms with van der Waals surface area (Å²) in [6.07, 6.45) is 7.30. The van der Waals surface area contributed by atoms with Gasteiger partial charge in [-0.3, -0.25) is 14.5 Å². The smallest absolute Gasteiger partial charge is 0.258 e. The summed E-state index contributed by atoms with van der Waals surface area (Å²) >= 11 is 6.05. The molecule has 1 aliphatic heterocycles. The fourth-order valence-corrected chi connectivity index (χ4v) is 5.11. The molecule has 1 saturated heterocycles. The summed E-state index contributed by atoms with van der Waals surface area (Å²) < 4.78 is 0. The lowest BCUT2D eigenvalue weighted by molar-refractivity contribution is -0.138. The molecular formula is C22H29ClN4O2. The van der Waals surface area contributed by atoms with Gasteiger partial charge >= 0.3 is 0 Å². The third-order valence-electron chi connectivity index (χ3n) is 6.46. The van der Waals surface area contributed by atoms with E-state index in [0.29, 0.717) is 53.3 Å². The van der Waals surface area contributed by atoms with Crippen LogP contribution in [0, 0.1) is 5.92 Å². The predicted octanol–water partition coefficient (Wildman–Crippen LogP) is 3.58. The molecule has 2 atom stereocenters. The van der Waals surface area contributed by atoms with Crippen LogP contribution in [0.25, 0.3) is 10.9 Å². The van der Waals surface area contributed by atoms with Crippen molar-refractivity contribution < 1.29 is 4.79 Å². The van der Waals surface area contributed by atoms with Gasteiger partial charge in [0.05, 0.1) is 24.0 Å². The van der Waals surface area contributed by atoms with Crippen LogP contribution in [0.4, 0.5) is 0 Å². The number of carbonyl (C=O) groups is 1. The molecule has 1 aromatic heterocycles. The first-order valence-electron chi connectivity index (χ1n) is 10.8. The minimum atomic E-state index is -0.176. The number of aromatic nitrogens is 2. The van der Waals surface area contributed by atoms with E-state index < -0.39 is 0 Å². The van der Waals surface area contributed by atoms with Gasteiger partial charge in [0, 0.05) is 17.6 Å². The Bertz CT molecular complexity index is 942. The monoisotopic (exact) mass is 416 g/mol. The van der Waals surface area contributed by atoms with Gasteiger partial charge in [0.15, 0.2) is 0 Å². The standard InChI is InChI=1S/C22H29ClN4O2/c1-2-26(13-20-24-18-12-16(23)9-10-17(18)22(29)25-20)14-21(28)27-11-5-7-15-6-3-4-8-19(15)27/h9-10,12,15,19H,2-8,11,13-14H2,1H3,(H,24,25,29)/t15-,19+/m0/s1. The zero-order valence-electron chi connectivity index (χ0n) is 17.0. The number of fused-ring (bicyclic) bond motifs is 2. The molecule has 7 heteroatoms. The SMILES string of the molecule is CCN(CC(=O)N1CCC[C@@H]2CCCC[C@H]21)Cc1nc2cc(Cl)ccc2c(=O)[nH]1. The van der Waals surface area contributed by atoms with Gasteiger partial charge in [0.2, 0.25) is 5.91 Å². The highest BCUT2D eigenvalue weighted by Gasteiger charge is 2.35. The molecule has 2 fully saturated rings. The van der Waals surface area contributed by atoms with Crippen molar-refractivity contribution in [2.75, 3.05) is 19.6 Å². The molecular weight excluding hydrogens is 388 g/mol. The van der Waals surface area contributed by atoms with Gasteiger partial charge in [-0.1, -0.05) is 31.4 Å². The van der Waals surface area contributed by atoms with Crippen LogP contribution >= 0.6 is 11.6 Å². The number of benzene rings is 1. The molecule has 0 bridgehead atoms. The van der Waals surface area contributed by atoms with Crippen molar-refractivity contribution in [3.05, 3.63) is 39.4 Å². The number of likely N-dealkylation sites (tertiary alicyclic amines) is 1. The molecule has 1 amide bonds. The Hall–Kier alpha value is -1.92. The van der Waals surface area contributed by atoms with E-state index in [9.17, 15) is 9.59 Å². The van der Waals surface area contributed by atoms with Crippen molar-refractivity contribution in [2.45, 2.75) is 58.0 Å². The number of nitrogens with one attached hydrogen (secondary N) is 1. The maximum Gasteiger partial charge on any atom is 0.258 e. The van der Waals surface area contributed by atoms with Gasteiger partial charge in [-0.25, -0.2) is 4.98 Å². The largest absolute Gasteiger partial charge is 0.338 e. The van der Waals surface area contributed by atoms with Gasteiger partial charge in [-0.15, -0.1) is 0 Å². The summed E-state index contributed by atoms with van der Waals surface area (Å²) in [6, 6.07) is 5.50. The van der Waals surface area contributed by atoms with E-state index >= 15 is 0 Å². The number of likely N-dealkylation sites (N-methyl/N-ethyl adjacent to an activating group) is 1. The molecule has 0 unspecified atom stereocenters. The Labute approximate surface area is 176 Å². The lowest BCUT2D eigenvalue weighted by atomic mass is 9.78. The highest BCUT2D eigenvalue weighted by molar-refractivity contribution is 6.31. The Morgan fingerprint density at radius 2 is 2.07 bits per heavy atom. The molecule has 2 aromatic rings. The normalized spacial score (nSPS) is 22.1. The Kier molecular flexibility index (Phi) is 6.20. The number of H-pyrrole nitrogens is 1. The second-order valence-corrected chi connectivity index (χ2v) is 8.76. The summed E-state index contributed by atoms with van der Waals surface area (Å²) in [7, 11) is 0. The zero-order valence-corrected chi connectivity index (χ0v) is 17.7. The number of halogens is 1. The number of rotatable bonds is 5. The Morgan fingerprint density at radius 3 is 2.90 bits per heavy atom. The van der Waals surface area contributed by atoms with E-state index in [-0.39, 0.29) is 11.5 Å². The topological polar surface area (TPSA) is 69.3 Å². The van der Waals surface area contributed by atoms with Crippen molar-refractivity contribution in [2.24, 2.45) is 5.92 Å². The van der Waals surface area contributed by atoms with E-state index in [4.69, 9.17) is 11.6 Å². The van der Waals surface area contributed by atoms with Gasteiger partial charge in [0.25, 0.3) is 5.56 Å². The minimum absolute atomic E-state index is 0.176. The van der Waals surface area contributed by atoms with Gasteiger partial charge in [-0.05, 0) is 56.3 Å². The minimum Gasteiger partial charge on any atom is -0.338 e. The van der Waals surface area contributed by atoms with Crippen molar-refractivity contribution in [1.82, 2.24) is 19.8 Å². The maximum absolute atomic E-state index is 13.1. The number of piperidine rings is 1. The molecule has 2 aliphatic rings. The van der Waals surface area contributed by atoms with Crippen LogP contribution in [-0.4, -0.2) is 51.4 Å². The molecule has 0 radical (unpaired) electrons. The average Bonchev–Trinajstić information content (AvgIpc) is 2.72. The molecule has 1 N–H and O–H groups in total. The fraction of sp³-hybridized carbons (Fsp3) is 0.591. The quantitative estimate of drug-likeness (QED) is 0.808. The first kappa shape index (κ1) is 20.4. The molecule has 2 heterocycles. The lowest BCUT2D eigenvalue weighted by Crippen LogP contribution is -2.52. The van der Waals surface area contributed by atoms with Crippen LogP contribution < -0.4 is 5.56 Å². The molecule has 6 nitrogen and oxygen atoms in total. The number of hydrogen-bond acceptors (Lipinski definition) is 4. The van der Waals surface area contributed by atoms with Crippen LogP contribution in [-0.2, 0) is 11.3 Å². The van der Waals surface area contributed by atoms with E-state index in [1.807, 2.05) is 11.8 Å². The van der Waals surface area contributed by atoms with Gasteiger partial charge < -0.3 is 9.88 Å². The van der Waals surface area contributed by atoms with Gasteiger partial charge in [-0.2, -0.15) is 0 Å². The van der Waals surface area contributed by atoms with Crippen LogP contribution in [0.5, 0.6) is 0 Å². The first-order valence-corrected chi connectivity index (χ1v) is 11.1. The number of amides is 1. The third-order valence-corrected chi connectivity index (χ3v) is 6.70. The molecule has 1 aliphatic carbocycles. The number of aromatic amines is 1. The molecule has 29 heavy (non-hydrogen) atoms. The van der Waals surface area contributed by atoms with E-state index in [0.717, 1.165) is 19.4 Å². The fourth-order valence-electron chi connectivity index (χ4n) is 4.94. The first-order chi connectivity index (χ1) is 14.0. The maximum atomic E-state index is 13.1. The Morgan fingerprint density at radius 1 is 1.28 bits per heavy atom. The van der Waals surface area contributed by atoms with E-state index in [2.05, 4.69) is 14.9 Å². The van der Waals surface area contributed by atoms with Crippen LogP contribution in [0.2, 0.25) is 5.02 Å². The number of nitrogens with zero attached hydrogens (tertiary/aromatic N) is 3. The second-order valence-electron chi connectivity index (χ2n) is 8.32. The molecule has 1 saturated carbocycles. The van der Waals surface area contributed by atoms with E-state index in [1.54, 1.807) is 18.2 Å². The molecule has 156 valence electrons. The third kappa shape index (κ3) is 4.48. The highest BCUT2D eigenvalue weighted by Crippen LogP contribution is 2.35. The van der Waals surface area contributed by atoms with Crippen molar-refractivity contribution in [3.8, 4) is 0 Å². The second kappa shape index (κ2) is 8.84. The summed E-state index contributed by atoms with van der Waals surface area (Å²) in [6.45, 7) is 4.41. The highest BCUT2D eigenvalue weighted by atomic mass is 35.5. The van der Waals surface area contributed by atoms with Crippen molar-refractivity contribution in [1.29, 1.82) is 0 Å². The molecule has 1 aromatic carbocycles. The average molecular weight is 417 g/mol.